The molecule has 14 heavy (non-hydrogen) atoms. The molecule has 0 spiro atoms. The molecule has 1 fully saturated rings. The summed E-state index contributed by atoms with van der Waals surface area (Å²) in [4.78, 5) is 11.4. The molecule has 1 unspecified atom stereocenters. The standard InChI is InChI=1S/C9H14N2OS2/c1-2-4-13-5-3-10-9(12)8-6-14-7-11-8/h1,8,11H,3-7H2,(H,10,12). The Hall–Kier alpha value is -0.310. The van der Waals surface area contributed by atoms with Gasteiger partial charge in [0.2, 0.25) is 5.91 Å². The Morgan fingerprint density at radius 1 is 1.79 bits per heavy atom. The molecule has 0 saturated carbocycles. The second-order valence-corrected chi connectivity index (χ2v) is 4.96. The van der Waals surface area contributed by atoms with Crippen LogP contribution in [0.2, 0.25) is 0 Å². The van der Waals surface area contributed by atoms with Crippen LogP contribution in [-0.2, 0) is 4.79 Å². The van der Waals surface area contributed by atoms with Gasteiger partial charge in [0.05, 0.1) is 11.8 Å². The van der Waals surface area contributed by atoms with Crippen molar-refractivity contribution in [2.75, 3.05) is 29.7 Å². The normalized spacial score (nSPS) is 20.4. The van der Waals surface area contributed by atoms with E-state index in [1.165, 1.54) is 0 Å². The van der Waals surface area contributed by atoms with Crippen molar-refractivity contribution in [3.05, 3.63) is 0 Å². The van der Waals surface area contributed by atoms with Crippen LogP contribution in [0.5, 0.6) is 0 Å². The van der Waals surface area contributed by atoms with Gasteiger partial charge in [0.1, 0.15) is 0 Å². The van der Waals surface area contributed by atoms with E-state index in [4.69, 9.17) is 6.42 Å². The van der Waals surface area contributed by atoms with Crippen LogP contribution in [0.25, 0.3) is 0 Å². The zero-order valence-corrected chi connectivity index (χ0v) is 9.55. The average Bonchev–Trinajstić information content (AvgIpc) is 2.70. The van der Waals surface area contributed by atoms with Gasteiger partial charge in [0, 0.05) is 23.9 Å². The lowest BCUT2D eigenvalue weighted by Crippen LogP contribution is -2.42. The van der Waals surface area contributed by atoms with Crippen LogP contribution in [0.1, 0.15) is 0 Å². The number of carbonyl (C=O) groups is 1. The Labute approximate surface area is 93.2 Å². The van der Waals surface area contributed by atoms with Gasteiger partial charge in [-0.25, -0.2) is 0 Å². The quantitative estimate of drug-likeness (QED) is 0.520. The van der Waals surface area contributed by atoms with E-state index in [9.17, 15) is 4.79 Å². The number of rotatable bonds is 5. The predicted molar refractivity (Wildman–Crippen MR) is 63.4 cm³/mol. The SMILES string of the molecule is C#CCSCCNC(=O)C1CSCN1. The second kappa shape index (κ2) is 7.04. The van der Waals surface area contributed by atoms with E-state index in [1.807, 2.05) is 0 Å². The second-order valence-electron chi connectivity index (χ2n) is 2.82. The zero-order chi connectivity index (χ0) is 10.2. The number of nitrogens with one attached hydrogen (secondary N) is 2. The van der Waals surface area contributed by atoms with Crippen LogP contribution in [0, 0.1) is 12.3 Å². The monoisotopic (exact) mass is 230 g/mol. The van der Waals surface area contributed by atoms with Gasteiger partial charge in [-0.2, -0.15) is 0 Å². The van der Waals surface area contributed by atoms with Crippen molar-refractivity contribution in [1.29, 1.82) is 0 Å². The minimum absolute atomic E-state index is 0.00219. The Kier molecular flexibility index (Phi) is 5.92. The summed E-state index contributed by atoms with van der Waals surface area (Å²) in [6.45, 7) is 0.702. The van der Waals surface area contributed by atoms with Crippen LogP contribution in [0.3, 0.4) is 0 Å². The first-order valence-corrected chi connectivity index (χ1v) is 6.75. The highest BCUT2D eigenvalue weighted by Crippen LogP contribution is 2.09. The van der Waals surface area contributed by atoms with Crippen molar-refractivity contribution in [2.45, 2.75) is 6.04 Å². The fraction of sp³-hybridized carbons (Fsp3) is 0.667. The molecular weight excluding hydrogens is 216 g/mol. The summed E-state index contributed by atoms with van der Waals surface area (Å²) in [5.41, 5.74) is 0. The summed E-state index contributed by atoms with van der Waals surface area (Å²) in [7, 11) is 0. The topological polar surface area (TPSA) is 41.1 Å². The first-order valence-electron chi connectivity index (χ1n) is 4.44. The first kappa shape index (κ1) is 11.8. The first-order chi connectivity index (χ1) is 6.84. The summed E-state index contributed by atoms with van der Waals surface area (Å²) in [6, 6.07) is -0.00219. The average molecular weight is 230 g/mol. The maximum absolute atomic E-state index is 11.4. The van der Waals surface area contributed by atoms with Crippen molar-refractivity contribution < 1.29 is 4.79 Å². The minimum Gasteiger partial charge on any atom is -0.354 e. The van der Waals surface area contributed by atoms with Crippen LogP contribution in [0.4, 0.5) is 0 Å². The fourth-order valence-corrected chi connectivity index (χ4v) is 2.51. The largest absolute Gasteiger partial charge is 0.354 e. The zero-order valence-electron chi connectivity index (χ0n) is 7.91. The predicted octanol–water partition coefficient (Wildman–Crippen LogP) is 0.132. The van der Waals surface area contributed by atoms with Crippen LogP contribution in [-0.4, -0.2) is 41.6 Å². The van der Waals surface area contributed by atoms with Gasteiger partial charge in [0.15, 0.2) is 0 Å². The molecule has 2 N–H and O–H groups in total. The molecule has 78 valence electrons. The van der Waals surface area contributed by atoms with Gasteiger partial charge in [-0.1, -0.05) is 5.92 Å². The van der Waals surface area contributed by atoms with Gasteiger partial charge >= 0.3 is 0 Å². The van der Waals surface area contributed by atoms with E-state index in [2.05, 4.69) is 16.6 Å². The third-order valence-corrected chi connectivity index (χ3v) is 3.57. The van der Waals surface area contributed by atoms with Crippen molar-refractivity contribution in [1.82, 2.24) is 10.6 Å². The van der Waals surface area contributed by atoms with Crippen molar-refractivity contribution in [3.8, 4) is 12.3 Å². The number of carbonyl (C=O) groups excluding carboxylic acids is 1. The maximum atomic E-state index is 11.4. The summed E-state index contributed by atoms with van der Waals surface area (Å²) < 4.78 is 0. The fourth-order valence-electron chi connectivity index (χ4n) is 1.06. The molecule has 0 aliphatic carbocycles. The molecule has 1 aliphatic rings. The minimum atomic E-state index is -0.00219. The maximum Gasteiger partial charge on any atom is 0.238 e. The van der Waals surface area contributed by atoms with Crippen molar-refractivity contribution >= 4 is 29.4 Å². The lowest BCUT2D eigenvalue weighted by atomic mass is 10.3. The van der Waals surface area contributed by atoms with Crippen LogP contribution >= 0.6 is 23.5 Å². The number of terminal acetylenes is 1. The van der Waals surface area contributed by atoms with Gasteiger partial charge in [-0.05, 0) is 0 Å². The molecule has 5 heteroatoms. The van der Waals surface area contributed by atoms with E-state index >= 15 is 0 Å². The van der Waals surface area contributed by atoms with E-state index in [0.29, 0.717) is 12.3 Å². The highest BCUT2D eigenvalue weighted by molar-refractivity contribution is 7.99. The van der Waals surface area contributed by atoms with Gasteiger partial charge in [0.25, 0.3) is 0 Å². The molecule has 1 aliphatic heterocycles. The summed E-state index contributed by atoms with van der Waals surface area (Å²) in [6.07, 6.45) is 5.10. The van der Waals surface area contributed by atoms with E-state index in [1.54, 1.807) is 23.5 Å². The molecule has 0 aromatic heterocycles. The van der Waals surface area contributed by atoms with Crippen molar-refractivity contribution in [3.63, 3.8) is 0 Å². The Balaban J connectivity index is 2.00. The Morgan fingerprint density at radius 3 is 3.29 bits per heavy atom. The lowest BCUT2D eigenvalue weighted by molar-refractivity contribution is -0.122. The molecule has 0 radical (unpaired) electrons. The lowest BCUT2D eigenvalue weighted by Gasteiger charge is -2.09. The molecular formula is C9H14N2OS2. The Morgan fingerprint density at radius 2 is 2.64 bits per heavy atom. The molecule has 1 saturated heterocycles. The van der Waals surface area contributed by atoms with Crippen LogP contribution in [0.15, 0.2) is 0 Å². The molecule has 1 amide bonds. The number of hydrogen-bond donors (Lipinski definition) is 2. The number of amides is 1. The highest BCUT2D eigenvalue weighted by atomic mass is 32.2. The molecule has 1 atom stereocenters. The van der Waals surface area contributed by atoms with Crippen LogP contribution < -0.4 is 10.6 Å². The molecule has 0 aromatic carbocycles. The molecule has 0 bridgehead atoms. The molecule has 1 heterocycles. The molecule has 3 nitrogen and oxygen atoms in total. The third-order valence-electron chi connectivity index (χ3n) is 1.76. The van der Waals surface area contributed by atoms with Gasteiger partial charge < -0.3 is 5.32 Å². The smallest absolute Gasteiger partial charge is 0.238 e. The molecule has 1 rings (SSSR count). The van der Waals surface area contributed by atoms with E-state index in [0.717, 1.165) is 17.4 Å². The third kappa shape index (κ3) is 4.27. The Bertz CT molecular complexity index is 221. The molecule has 0 aromatic rings. The number of hydrogen-bond acceptors (Lipinski definition) is 4. The summed E-state index contributed by atoms with van der Waals surface area (Å²) >= 11 is 3.42. The number of thioether (sulfide) groups is 2. The summed E-state index contributed by atoms with van der Waals surface area (Å²) in [5, 5.41) is 6.00. The van der Waals surface area contributed by atoms with Gasteiger partial charge in [-0.3, -0.25) is 10.1 Å². The van der Waals surface area contributed by atoms with Gasteiger partial charge in [-0.15, -0.1) is 29.9 Å². The van der Waals surface area contributed by atoms with E-state index in [-0.39, 0.29) is 11.9 Å². The van der Waals surface area contributed by atoms with E-state index < -0.39 is 0 Å². The summed E-state index contributed by atoms with van der Waals surface area (Å²) in [5.74, 6) is 6.01. The highest BCUT2D eigenvalue weighted by Gasteiger charge is 2.21. The van der Waals surface area contributed by atoms with Crippen molar-refractivity contribution in [2.24, 2.45) is 0 Å².